The van der Waals surface area contributed by atoms with E-state index in [0.29, 0.717) is 13.1 Å². The number of rotatable bonds is 9. The summed E-state index contributed by atoms with van der Waals surface area (Å²) in [6.45, 7) is 8.37. The van der Waals surface area contributed by atoms with Crippen LogP contribution in [0, 0.1) is 17.7 Å². The van der Waals surface area contributed by atoms with Gasteiger partial charge in [-0.25, -0.2) is 21.9 Å². The van der Waals surface area contributed by atoms with Crippen molar-refractivity contribution >= 4 is 21.9 Å². The molecule has 1 rings (SSSR count). The van der Waals surface area contributed by atoms with Crippen molar-refractivity contribution in [3.8, 4) is 0 Å². The normalized spacial score (nSPS) is 11.9. The van der Waals surface area contributed by atoms with Gasteiger partial charge >= 0.3 is 5.97 Å². The Labute approximate surface area is 166 Å². The molecule has 0 unspecified atom stereocenters. The van der Waals surface area contributed by atoms with Gasteiger partial charge in [0.1, 0.15) is 5.82 Å². The Kier molecular flexibility index (Phi) is 8.56. The third-order valence-corrected chi connectivity index (χ3v) is 5.60. The van der Waals surface area contributed by atoms with Crippen molar-refractivity contribution in [2.24, 2.45) is 11.8 Å². The van der Waals surface area contributed by atoms with E-state index in [2.05, 4.69) is 0 Å². The van der Waals surface area contributed by atoms with E-state index in [4.69, 9.17) is 4.74 Å². The van der Waals surface area contributed by atoms with Crippen LogP contribution >= 0.6 is 0 Å². The third-order valence-electron chi connectivity index (χ3n) is 3.79. The Morgan fingerprint density at radius 2 is 1.61 bits per heavy atom. The highest BCUT2D eigenvalue weighted by Crippen LogP contribution is 2.18. The molecule has 0 saturated carbocycles. The number of ether oxygens (including phenoxy) is 1. The van der Waals surface area contributed by atoms with Crippen molar-refractivity contribution in [3.05, 3.63) is 29.6 Å². The lowest BCUT2D eigenvalue weighted by atomic mass is 10.1. The fraction of sp³-hybridized carbons (Fsp3) is 0.579. The number of esters is 1. The molecule has 0 fully saturated rings. The zero-order valence-electron chi connectivity index (χ0n) is 17.2. The zero-order valence-corrected chi connectivity index (χ0v) is 18.0. The van der Waals surface area contributed by atoms with E-state index in [9.17, 15) is 22.4 Å². The lowest BCUT2D eigenvalue weighted by Gasteiger charge is -2.26. The second-order valence-electron chi connectivity index (χ2n) is 7.59. The lowest BCUT2D eigenvalue weighted by molar-refractivity contribution is -0.135. The van der Waals surface area contributed by atoms with Gasteiger partial charge in [-0.2, -0.15) is 0 Å². The summed E-state index contributed by atoms with van der Waals surface area (Å²) in [6.07, 6.45) is 0. The van der Waals surface area contributed by atoms with Crippen molar-refractivity contribution in [1.82, 2.24) is 9.21 Å². The van der Waals surface area contributed by atoms with Gasteiger partial charge in [0, 0.05) is 27.2 Å². The van der Waals surface area contributed by atoms with E-state index in [1.807, 2.05) is 27.7 Å². The largest absolute Gasteiger partial charge is 0.452 e. The van der Waals surface area contributed by atoms with Gasteiger partial charge in [-0.15, -0.1) is 0 Å². The van der Waals surface area contributed by atoms with Crippen LogP contribution in [-0.2, 0) is 19.6 Å². The van der Waals surface area contributed by atoms with Gasteiger partial charge in [0.05, 0.1) is 10.5 Å². The molecule has 0 N–H and O–H groups in total. The number of carbonyl (C=O) groups excluding carboxylic acids is 2. The molecule has 0 aromatic heterocycles. The van der Waals surface area contributed by atoms with E-state index < -0.39 is 34.0 Å². The predicted molar refractivity (Wildman–Crippen MR) is 104 cm³/mol. The van der Waals surface area contributed by atoms with E-state index >= 15 is 0 Å². The zero-order chi connectivity index (χ0) is 21.6. The molecule has 0 radical (unpaired) electrons. The van der Waals surface area contributed by atoms with Crippen LogP contribution < -0.4 is 0 Å². The fourth-order valence-corrected chi connectivity index (χ4v) is 3.42. The van der Waals surface area contributed by atoms with Crippen LogP contribution in [0.4, 0.5) is 4.39 Å². The Morgan fingerprint density at radius 1 is 1.07 bits per heavy atom. The molecule has 1 aromatic carbocycles. The minimum absolute atomic E-state index is 0.238. The summed E-state index contributed by atoms with van der Waals surface area (Å²) in [5.74, 6) is -1.91. The Bertz CT molecular complexity index is 797. The quantitative estimate of drug-likeness (QED) is 0.577. The van der Waals surface area contributed by atoms with Gasteiger partial charge in [-0.05, 0) is 30.0 Å². The number of hydrogen-bond acceptors (Lipinski definition) is 5. The summed E-state index contributed by atoms with van der Waals surface area (Å²) in [5.41, 5.74) is -0.532. The van der Waals surface area contributed by atoms with Crippen molar-refractivity contribution in [1.29, 1.82) is 0 Å². The van der Waals surface area contributed by atoms with Crippen LogP contribution in [-0.4, -0.2) is 63.3 Å². The molecule has 1 amide bonds. The number of nitrogens with zero attached hydrogens (tertiary/aromatic N) is 2. The van der Waals surface area contributed by atoms with Crippen LogP contribution in [0.15, 0.2) is 23.1 Å². The molecule has 0 aliphatic heterocycles. The summed E-state index contributed by atoms with van der Waals surface area (Å²) in [7, 11) is -1.18. The van der Waals surface area contributed by atoms with Crippen molar-refractivity contribution in [2.45, 2.75) is 32.6 Å². The van der Waals surface area contributed by atoms with E-state index in [1.165, 1.54) is 14.1 Å². The topological polar surface area (TPSA) is 84.0 Å². The monoisotopic (exact) mass is 416 g/mol. The predicted octanol–water partition coefficient (Wildman–Crippen LogP) is 2.37. The molecule has 0 atom stereocenters. The Hall–Kier alpha value is -2.00. The fourth-order valence-electron chi connectivity index (χ4n) is 2.49. The molecule has 0 heterocycles. The average Bonchev–Trinajstić information content (AvgIpc) is 2.57. The molecule has 7 nitrogen and oxygen atoms in total. The first kappa shape index (κ1) is 24.0. The number of sulfonamides is 1. The maximum atomic E-state index is 14.0. The molecule has 28 heavy (non-hydrogen) atoms. The smallest absolute Gasteiger partial charge is 0.341 e. The maximum Gasteiger partial charge on any atom is 0.341 e. The molecule has 1 aromatic rings. The van der Waals surface area contributed by atoms with Crippen LogP contribution in [0.1, 0.15) is 38.1 Å². The Morgan fingerprint density at radius 3 is 2.07 bits per heavy atom. The van der Waals surface area contributed by atoms with Crippen molar-refractivity contribution < 1.29 is 27.1 Å². The van der Waals surface area contributed by atoms with E-state index in [1.54, 1.807) is 4.90 Å². The van der Waals surface area contributed by atoms with Gasteiger partial charge < -0.3 is 9.64 Å². The van der Waals surface area contributed by atoms with Gasteiger partial charge in [0.2, 0.25) is 10.0 Å². The molecule has 9 heteroatoms. The number of carbonyl (C=O) groups is 2. The summed E-state index contributed by atoms with van der Waals surface area (Å²) < 4.78 is 44.3. The maximum absolute atomic E-state index is 14.0. The van der Waals surface area contributed by atoms with Crippen molar-refractivity contribution in [3.63, 3.8) is 0 Å². The molecular weight excluding hydrogens is 387 g/mol. The summed E-state index contributed by atoms with van der Waals surface area (Å²) in [6, 6.07) is 2.87. The number of benzene rings is 1. The third kappa shape index (κ3) is 6.56. The number of amides is 1. The summed E-state index contributed by atoms with van der Waals surface area (Å²) in [5, 5.41) is 0. The Balaban J connectivity index is 2.94. The van der Waals surface area contributed by atoms with Gasteiger partial charge in [-0.3, -0.25) is 4.79 Å². The SMILES string of the molecule is CC(C)CN(CC(C)C)C(=O)COC(=O)c1cc(S(=O)(=O)N(C)C)ccc1F. The molecule has 0 bridgehead atoms. The van der Waals surface area contributed by atoms with Crippen LogP contribution in [0.3, 0.4) is 0 Å². The highest BCUT2D eigenvalue weighted by Gasteiger charge is 2.23. The van der Waals surface area contributed by atoms with Gasteiger partial charge in [-0.1, -0.05) is 27.7 Å². The van der Waals surface area contributed by atoms with Crippen LogP contribution in [0.2, 0.25) is 0 Å². The average molecular weight is 417 g/mol. The first-order valence-corrected chi connectivity index (χ1v) is 10.5. The van der Waals surface area contributed by atoms with Gasteiger partial charge in [0.15, 0.2) is 6.61 Å². The first-order chi connectivity index (χ1) is 12.9. The molecule has 0 saturated heterocycles. The number of hydrogen-bond donors (Lipinski definition) is 0. The second-order valence-corrected chi connectivity index (χ2v) is 9.74. The van der Waals surface area contributed by atoms with Crippen LogP contribution in [0.25, 0.3) is 0 Å². The minimum Gasteiger partial charge on any atom is -0.452 e. The summed E-state index contributed by atoms with van der Waals surface area (Å²) in [4.78, 5) is 26.0. The molecule has 158 valence electrons. The highest BCUT2D eigenvalue weighted by molar-refractivity contribution is 7.89. The standard InChI is InChI=1S/C19H29FN2O5S/c1-13(2)10-22(11-14(3)4)18(23)12-27-19(24)16-9-15(7-8-17(16)20)28(25,26)21(5)6/h7-9,13-14H,10-12H2,1-6H3. The molecule has 0 aliphatic rings. The minimum atomic E-state index is -3.84. The molecule has 0 aliphatic carbocycles. The van der Waals surface area contributed by atoms with E-state index in [-0.39, 0.29) is 22.6 Å². The molecular formula is C19H29FN2O5S. The van der Waals surface area contributed by atoms with Gasteiger partial charge in [0.25, 0.3) is 5.91 Å². The van der Waals surface area contributed by atoms with Crippen molar-refractivity contribution in [2.75, 3.05) is 33.8 Å². The second kappa shape index (κ2) is 9.97. The van der Waals surface area contributed by atoms with E-state index in [0.717, 1.165) is 22.5 Å². The lowest BCUT2D eigenvalue weighted by Crippen LogP contribution is -2.39. The highest BCUT2D eigenvalue weighted by atomic mass is 32.2. The summed E-state index contributed by atoms with van der Waals surface area (Å²) >= 11 is 0. The number of halogens is 1. The molecule has 0 spiro atoms. The van der Waals surface area contributed by atoms with Crippen LogP contribution in [0.5, 0.6) is 0 Å². The first-order valence-electron chi connectivity index (χ1n) is 9.03.